The minimum Gasteiger partial charge on any atom is -0.351 e. The summed E-state index contributed by atoms with van der Waals surface area (Å²) in [6, 6.07) is 4.82. The van der Waals surface area contributed by atoms with Crippen LogP contribution in [0.3, 0.4) is 0 Å². The van der Waals surface area contributed by atoms with Gasteiger partial charge in [-0.05, 0) is 43.5 Å². The van der Waals surface area contributed by atoms with Crippen LogP contribution in [0.15, 0.2) is 18.2 Å². The molecule has 24 heavy (non-hydrogen) atoms. The highest BCUT2D eigenvalue weighted by Gasteiger charge is 2.38. The Morgan fingerprint density at radius 3 is 3.00 bits per heavy atom. The van der Waals surface area contributed by atoms with Crippen molar-refractivity contribution in [3.05, 3.63) is 29.6 Å². The fourth-order valence-corrected chi connectivity index (χ4v) is 4.37. The third-order valence-electron chi connectivity index (χ3n) is 5.55. The lowest BCUT2D eigenvalue weighted by Crippen LogP contribution is -2.48. The molecule has 5 nitrogen and oxygen atoms in total. The molecule has 3 aliphatic heterocycles. The maximum absolute atomic E-state index is 13.4. The number of hydrogen-bond donors (Lipinski definition) is 2. The van der Waals surface area contributed by atoms with Crippen LogP contribution in [-0.4, -0.2) is 41.9 Å². The second kappa shape index (κ2) is 6.16. The van der Waals surface area contributed by atoms with Crippen LogP contribution < -0.4 is 10.6 Å². The monoisotopic (exact) mass is 331 g/mol. The maximum Gasteiger partial charge on any atom is 0.228 e. The van der Waals surface area contributed by atoms with Gasteiger partial charge >= 0.3 is 0 Å². The average Bonchev–Trinajstić information content (AvgIpc) is 2.97. The largest absolute Gasteiger partial charge is 0.351 e. The summed E-state index contributed by atoms with van der Waals surface area (Å²) >= 11 is 0. The van der Waals surface area contributed by atoms with E-state index in [-0.39, 0.29) is 24.3 Å². The van der Waals surface area contributed by atoms with Gasteiger partial charge in [0.25, 0.3) is 0 Å². The summed E-state index contributed by atoms with van der Waals surface area (Å²) in [5, 5.41) is 5.83. The number of benzene rings is 1. The minimum atomic E-state index is -0.535. The predicted molar refractivity (Wildman–Crippen MR) is 88.1 cm³/mol. The Balaban J connectivity index is 1.52. The van der Waals surface area contributed by atoms with Gasteiger partial charge < -0.3 is 10.6 Å². The molecular weight excluding hydrogens is 309 g/mol. The molecule has 0 aromatic heterocycles. The van der Waals surface area contributed by atoms with Crippen LogP contribution in [0.2, 0.25) is 0 Å². The van der Waals surface area contributed by atoms with Gasteiger partial charge in [-0.1, -0.05) is 12.5 Å². The zero-order chi connectivity index (χ0) is 16.7. The second-order valence-corrected chi connectivity index (χ2v) is 7.04. The number of nitrogens with one attached hydrogen (secondary N) is 2. The molecule has 0 saturated carbocycles. The average molecular weight is 331 g/mol. The first kappa shape index (κ1) is 15.6. The van der Waals surface area contributed by atoms with Crippen LogP contribution in [-0.2, 0) is 9.59 Å². The number of anilines is 1. The van der Waals surface area contributed by atoms with Gasteiger partial charge in [-0.25, -0.2) is 4.39 Å². The third kappa shape index (κ3) is 2.79. The minimum absolute atomic E-state index is 0.116. The van der Waals surface area contributed by atoms with E-state index in [0.29, 0.717) is 17.3 Å². The van der Waals surface area contributed by atoms with Crippen molar-refractivity contribution < 1.29 is 14.0 Å². The molecule has 0 spiro atoms. The molecule has 0 unspecified atom stereocenters. The van der Waals surface area contributed by atoms with E-state index in [9.17, 15) is 14.0 Å². The lowest BCUT2D eigenvalue weighted by Gasteiger charge is -2.33. The molecule has 6 heteroatoms. The summed E-state index contributed by atoms with van der Waals surface area (Å²) in [7, 11) is 0. The quantitative estimate of drug-likeness (QED) is 0.871. The van der Waals surface area contributed by atoms with Gasteiger partial charge in [0, 0.05) is 30.7 Å². The molecule has 0 aliphatic carbocycles. The van der Waals surface area contributed by atoms with Crippen molar-refractivity contribution in [2.24, 2.45) is 0 Å². The highest BCUT2D eigenvalue weighted by molar-refractivity contribution is 6.01. The van der Waals surface area contributed by atoms with E-state index in [0.717, 1.165) is 25.9 Å². The van der Waals surface area contributed by atoms with E-state index in [1.165, 1.54) is 25.0 Å². The molecule has 3 atom stereocenters. The second-order valence-electron chi connectivity index (χ2n) is 7.04. The van der Waals surface area contributed by atoms with Crippen molar-refractivity contribution in [2.75, 3.05) is 18.4 Å². The zero-order valence-corrected chi connectivity index (χ0v) is 13.6. The molecule has 3 heterocycles. The number of nitrogens with zero attached hydrogens (tertiary/aromatic N) is 1. The van der Waals surface area contributed by atoms with E-state index in [1.54, 1.807) is 6.07 Å². The van der Waals surface area contributed by atoms with Gasteiger partial charge in [0.15, 0.2) is 0 Å². The van der Waals surface area contributed by atoms with Crippen molar-refractivity contribution in [3.63, 3.8) is 0 Å². The van der Waals surface area contributed by atoms with E-state index < -0.39 is 11.7 Å². The Morgan fingerprint density at radius 2 is 2.12 bits per heavy atom. The number of carbonyl (C=O) groups excluding carboxylic acids is 2. The van der Waals surface area contributed by atoms with E-state index in [1.807, 2.05) is 0 Å². The molecule has 1 aromatic rings. The Hall–Kier alpha value is -1.95. The lowest BCUT2D eigenvalue weighted by atomic mass is 9.89. The number of carbonyl (C=O) groups is 2. The fourth-order valence-electron chi connectivity index (χ4n) is 4.37. The molecule has 2 fully saturated rings. The molecule has 3 aliphatic rings. The smallest absolute Gasteiger partial charge is 0.228 e. The topological polar surface area (TPSA) is 61.4 Å². The van der Waals surface area contributed by atoms with Gasteiger partial charge in [0.2, 0.25) is 11.8 Å². The van der Waals surface area contributed by atoms with Crippen LogP contribution in [0.25, 0.3) is 0 Å². The van der Waals surface area contributed by atoms with Gasteiger partial charge in [0.05, 0.1) is 5.92 Å². The summed E-state index contributed by atoms with van der Waals surface area (Å²) in [4.78, 5) is 27.2. The van der Waals surface area contributed by atoms with Crippen LogP contribution in [0.1, 0.15) is 43.6 Å². The van der Waals surface area contributed by atoms with Crippen LogP contribution in [0, 0.1) is 5.82 Å². The van der Waals surface area contributed by atoms with Crippen molar-refractivity contribution in [1.82, 2.24) is 10.2 Å². The predicted octanol–water partition coefficient (Wildman–Crippen LogP) is 1.99. The van der Waals surface area contributed by atoms with E-state index in [2.05, 4.69) is 15.5 Å². The van der Waals surface area contributed by atoms with Crippen molar-refractivity contribution in [3.8, 4) is 0 Å². The lowest BCUT2D eigenvalue weighted by molar-refractivity contribution is -0.127. The summed E-state index contributed by atoms with van der Waals surface area (Å²) < 4.78 is 13.4. The Bertz CT molecular complexity index is 678. The third-order valence-corrected chi connectivity index (χ3v) is 5.55. The molecule has 2 saturated heterocycles. The molecular formula is C18H22FN3O2. The first-order chi connectivity index (χ1) is 11.6. The van der Waals surface area contributed by atoms with Crippen LogP contribution >= 0.6 is 0 Å². The van der Waals surface area contributed by atoms with E-state index >= 15 is 0 Å². The van der Waals surface area contributed by atoms with Crippen molar-refractivity contribution in [2.45, 2.75) is 50.1 Å². The summed E-state index contributed by atoms with van der Waals surface area (Å²) in [5.41, 5.74) is 1.11. The van der Waals surface area contributed by atoms with Crippen LogP contribution in [0.5, 0.6) is 0 Å². The molecule has 4 rings (SSSR count). The highest BCUT2D eigenvalue weighted by Crippen LogP contribution is 2.34. The number of hydrogen-bond acceptors (Lipinski definition) is 3. The Labute approximate surface area is 140 Å². The number of halogens is 1. The van der Waals surface area contributed by atoms with Crippen molar-refractivity contribution in [1.29, 1.82) is 0 Å². The van der Waals surface area contributed by atoms with Crippen molar-refractivity contribution >= 4 is 17.5 Å². The maximum atomic E-state index is 13.4. The van der Waals surface area contributed by atoms with Gasteiger partial charge in [-0.2, -0.15) is 0 Å². The van der Waals surface area contributed by atoms with Gasteiger partial charge in [-0.15, -0.1) is 0 Å². The van der Waals surface area contributed by atoms with Gasteiger partial charge in [-0.3, -0.25) is 14.5 Å². The normalized spacial score (nSPS) is 29.5. The van der Waals surface area contributed by atoms with Crippen LogP contribution in [0.4, 0.5) is 10.1 Å². The SMILES string of the molecule is O=C1C[C@H](C(=O)N[C@@H]2CCN3CCCC[C@@H]23)c2ccc(F)cc2N1. The summed E-state index contributed by atoms with van der Waals surface area (Å²) in [6.45, 7) is 2.15. The summed E-state index contributed by atoms with van der Waals surface area (Å²) in [6.07, 6.45) is 4.65. The Morgan fingerprint density at radius 1 is 1.25 bits per heavy atom. The molecule has 0 radical (unpaired) electrons. The molecule has 128 valence electrons. The summed E-state index contributed by atoms with van der Waals surface area (Å²) in [5.74, 6) is -1.30. The Kier molecular flexibility index (Phi) is 4.00. The molecule has 1 aromatic carbocycles. The van der Waals surface area contributed by atoms with E-state index in [4.69, 9.17) is 0 Å². The fraction of sp³-hybridized carbons (Fsp3) is 0.556. The first-order valence-electron chi connectivity index (χ1n) is 8.75. The highest BCUT2D eigenvalue weighted by atomic mass is 19.1. The number of rotatable bonds is 2. The molecule has 2 amide bonds. The number of amides is 2. The standard InChI is InChI=1S/C18H22FN3O2/c19-11-4-5-12-13(10-17(23)20-15(12)9-11)18(24)21-14-6-8-22-7-2-1-3-16(14)22/h4-5,9,13-14,16H,1-3,6-8,10H2,(H,20,23)(H,21,24)/t13-,14+,16-/m0/s1. The number of fused-ring (bicyclic) bond motifs is 2. The number of piperidine rings is 1. The first-order valence-corrected chi connectivity index (χ1v) is 8.75. The zero-order valence-electron chi connectivity index (χ0n) is 13.6. The van der Waals surface area contributed by atoms with Gasteiger partial charge in [0.1, 0.15) is 5.82 Å². The molecule has 2 N–H and O–H groups in total. The molecule has 0 bridgehead atoms.